The molecule has 0 atom stereocenters. The Kier molecular flexibility index (Phi) is 3.26. The van der Waals surface area contributed by atoms with Gasteiger partial charge in [0, 0.05) is 0 Å². The molecule has 0 fully saturated rings. The van der Waals surface area contributed by atoms with Gasteiger partial charge in [0.25, 0.3) is 10.0 Å². The van der Waals surface area contributed by atoms with Crippen molar-refractivity contribution < 1.29 is 13.6 Å². The summed E-state index contributed by atoms with van der Waals surface area (Å²) in [6.07, 6.45) is 0.840. The van der Waals surface area contributed by atoms with Crippen LogP contribution in [0.5, 0.6) is 0 Å². The number of halogens is 2. The Balaban J connectivity index is 3.33. The number of benzene rings is 1. The standard InChI is InChI=1S/C7H7Cl2NO3S/c1-14(12,13)10(11)7-5(8)3-2-4-6(7)9/h2-4,11H,1H3. The van der Waals surface area contributed by atoms with E-state index in [0.717, 1.165) is 6.26 Å². The van der Waals surface area contributed by atoms with Crippen LogP contribution in [0.15, 0.2) is 18.2 Å². The van der Waals surface area contributed by atoms with E-state index in [4.69, 9.17) is 23.2 Å². The van der Waals surface area contributed by atoms with Gasteiger partial charge in [-0.2, -0.15) is 0 Å². The quantitative estimate of drug-likeness (QED) is 0.825. The van der Waals surface area contributed by atoms with E-state index in [1.165, 1.54) is 12.1 Å². The van der Waals surface area contributed by atoms with Gasteiger partial charge in [0.2, 0.25) is 0 Å². The maximum atomic E-state index is 11.0. The Morgan fingerprint density at radius 3 is 2.07 bits per heavy atom. The van der Waals surface area contributed by atoms with Crippen molar-refractivity contribution >= 4 is 38.9 Å². The topological polar surface area (TPSA) is 57.6 Å². The summed E-state index contributed by atoms with van der Waals surface area (Å²) in [6.45, 7) is 0. The minimum atomic E-state index is -3.78. The first-order valence-electron chi connectivity index (χ1n) is 3.47. The Bertz CT molecular complexity index is 426. The van der Waals surface area contributed by atoms with Crippen molar-refractivity contribution in [3.8, 4) is 0 Å². The molecule has 0 unspecified atom stereocenters. The molecule has 0 radical (unpaired) electrons. The van der Waals surface area contributed by atoms with E-state index in [2.05, 4.69) is 0 Å². The van der Waals surface area contributed by atoms with E-state index in [0.29, 0.717) is 0 Å². The Hall–Kier alpha value is -0.490. The van der Waals surface area contributed by atoms with Gasteiger partial charge in [-0.25, -0.2) is 8.42 Å². The fourth-order valence-electron chi connectivity index (χ4n) is 0.838. The van der Waals surface area contributed by atoms with Crippen LogP contribution in [0.3, 0.4) is 0 Å². The normalized spacial score (nSPS) is 11.4. The third-order valence-electron chi connectivity index (χ3n) is 1.44. The lowest BCUT2D eigenvalue weighted by molar-refractivity contribution is 0.317. The molecule has 0 heterocycles. The molecule has 0 saturated heterocycles. The van der Waals surface area contributed by atoms with Gasteiger partial charge in [-0.05, 0) is 12.1 Å². The van der Waals surface area contributed by atoms with E-state index in [-0.39, 0.29) is 20.2 Å². The maximum absolute atomic E-state index is 11.0. The minimum Gasteiger partial charge on any atom is -0.274 e. The summed E-state index contributed by atoms with van der Waals surface area (Å²) in [7, 11) is -3.78. The minimum absolute atomic E-state index is 0.0532. The van der Waals surface area contributed by atoms with Gasteiger partial charge in [0.15, 0.2) is 0 Å². The van der Waals surface area contributed by atoms with Gasteiger partial charge in [0.05, 0.1) is 16.3 Å². The van der Waals surface area contributed by atoms with Crippen LogP contribution >= 0.6 is 23.2 Å². The van der Waals surface area contributed by atoms with Crippen LogP contribution in [0.1, 0.15) is 0 Å². The zero-order valence-electron chi connectivity index (χ0n) is 7.11. The van der Waals surface area contributed by atoms with Gasteiger partial charge in [-0.15, -0.1) is 4.47 Å². The molecular formula is C7H7Cl2NO3S. The molecule has 0 aliphatic carbocycles. The predicted molar refractivity (Wildman–Crippen MR) is 55.6 cm³/mol. The summed E-state index contributed by atoms with van der Waals surface area (Å²) in [4.78, 5) is 0. The second-order valence-corrected chi connectivity index (χ2v) is 5.20. The number of para-hydroxylation sites is 1. The molecule has 1 N–H and O–H groups in total. The van der Waals surface area contributed by atoms with Gasteiger partial charge in [-0.1, -0.05) is 29.3 Å². The third-order valence-corrected chi connectivity index (χ3v) is 2.86. The first kappa shape index (κ1) is 11.6. The van der Waals surface area contributed by atoms with Crippen molar-refractivity contribution in [1.82, 2.24) is 0 Å². The molecule has 7 heteroatoms. The van der Waals surface area contributed by atoms with Gasteiger partial charge in [0.1, 0.15) is 5.69 Å². The zero-order valence-corrected chi connectivity index (χ0v) is 9.44. The molecule has 0 amide bonds. The average Bonchev–Trinajstić information content (AvgIpc) is 2.01. The summed E-state index contributed by atoms with van der Waals surface area (Å²) in [5.74, 6) is 0. The fourth-order valence-corrected chi connectivity index (χ4v) is 2.02. The van der Waals surface area contributed by atoms with E-state index < -0.39 is 10.0 Å². The second-order valence-electron chi connectivity index (χ2n) is 2.58. The lowest BCUT2D eigenvalue weighted by Gasteiger charge is -2.16. The molecule has 0 bridgehead atoms. The summed E-state index contributed by atoms with van der Waals surface area (Å²) >= 11 is 11.4. The van der Waals surface area contributed by atoms with Crippen molar-refractivity contribution in [3.05, 3.63) is 28.2 Å². The summed E-state index contributed by atoms with van der Waals surface area (Å²) in [5.41, 5.74) is -0.140. The molecule has 1 aromatic carbocycles. The third kappa shape index (κ3) is 2.30. The van der Waals surface area contributed by atoms with Gasteiger partial charge < -0.3 is 0 Å². The van der Waals surface area contributed by atoms with Crippen LogP contribution in [-0.4, -0.2) is 19.9 Å². The highest BCUT2D eigenvalue weighted by atomic mass is 35.5. The zero-order chi connectivity index (χ0) is 10.9. The van der Waals surface area contributed by atoms with Crippen molar-refractivity contribution in [2.45, 2.75) is 0 Å². The lowest BCUT2D eigenvalue weighted by Crippen LogP contribution is -2.26. The predicted octanol–water partition coefficient (Wildman–Crippen LogP) is 2.15. The molecule has 14 heavy (non-hydrogen) atoms. The average molecular weight is 256 g/mol. The van der Waals surface area contributed by atoms with Gasteiger partial charge in [-0.3, -0.25) is 5.21 Å². The molecule has 1 rings (SSSR count). The highest BCUT2D eigenvalue weighted by molar-refractivity contribution is 7.91. The van der Waals surface area contributed by atoms with E-state index >= 15 is 0 Å². The highest BCUT2D eigenvalue weighted by Gasteiger charge is 2.20. The number of anilines is 1. The highest BCUT2D eigenvalue weighted by Crippen LogP contribution is 2.33. The lowest BCUT2D eigenvalue weighted by atomic mass is 10.3. The maximum Gasteiger partial charge on any atom is 0.254 e. The van der Waals surface area contributed by atoms with Gasteiger partial charge >= 0.3 is 0 Å². The Labute approximate surface area is 91.7 Å². The van der Waals surface area contributed by atoms with E-state index in [9.17, 15) is 13.6 Å². The monoisotopic (exact) mass is 255 g/mol. The molecule has 0 spiro atoms. The number of hydrogen-bond acceptors (Lipinski definition) is 3. The van der Waals surface area contributed by atoms with Crippen molar-refractivity contribution in [2.24, 2.45) is 0 Å². The van der Waals surface area contributed by atoms with Crippen molar-refractivity contribution in [3.63, 3.8) is 0 Å². The number of rotatable bonds is 2. The molecule has 0 aromatic heterocycles. The first-order chi connectivity index (χ1) is 6.34. The van der Waals surface area contributed by atoms with Crippen molar-refractivity contribution in [2.75, 3.05) is 10.7 Å². The molecule has 1 aromatic rings. The number of nitrogens with zero attached hydrogens (tertiary/aromatic N) is 1. The second kappa shape index (κ2) is 3.94. The SMILES string of the molecule is CS(=O)(=O)N(O)c1c(Cl)cccc1Cl. The van der Waals surface area contributed by atoms with E-state index in [1.807, 2.05) is 0 Å². The fraction of sp³-hybridized carbons (Fsp3) is 0.143. The number of hydrogen-bond donors (Lipinski definition) is 1. The van der Waals surface area contributed by atoms with Crippen LogP contribution < -0.4 is 4.47 Å². The van der Waals surface area contributed by atoms with E-state index in [1.54, 1.807) is 6.07 Å². The Morgan fingerprint density at radius 1 is 1.29 bits per heavy atom. The molecule has 0 aliphatic rings. The smallest absolute Gasteiger partial charge is 0.254 e. The summed E-state index contributed by atoms with van der Waals surface area (Å²) in [6, 6.07) is 4.40. The van der Waals surface area contributed by atoms with Crippen LogP contribution in [-0.2, 0) is 10.0 Å². The van der Waals surface area contributed by atoms with Crippen LogP contribution in [0, 0.1) is 0 Å². The van der Waals surface area contributed by atoms with Crippen LogP contribution in [0.2, 0.25) is 10.0 Å². The molecule has 0 saturated carbocycles. The van der Waals surface area contributed by atoms with Crippen LogP contribution in [0.4, 0.5) is 5.69 Å². The largest absolute Gasteiger partial charge is 0.274 e. The molecule has 0 aliphatic heterocycles. The summed E-state index contributed by atoms with van der Waals surface area (Å²) < 4.78 is 22.0. The van der Waals surface area contributed by atoms with Crippen LogP contribution in [0.25, 0.3) is 0 Å². The molecule has 78 valence electrons. The first-order valence-corrected chi connectivity index (χ1v) is 6.07. The molecule has 4 nitrogen and oxygen atoms in total. The Morgan fingerprint density at radius 2 is 1.71 bits per heavy atom. The number of sulfonamides is 1. The van der Waals surface area contributed by atoms with Crippen molar-refractivity contribution in [1.29, 1.82) is 0 Å². The molecular weight excluding hydrogens is 249 g/mol. The summed E-state index contributed by atoms with van der Waals surface area (Å²) in [5, 5.41) is 9.42.